The minimum absolute atomic E-state index is 0.0608. The number of hydrogen-bond donors (Lipinski definition) is 1. The van der Waals surface area contributed by atoms with Gasteiger partial charge >= 0.3 is 0 Å². The lowest BCUT2D eigenvalue weighted by Gasteiger charge is -2.34. The summed E-state index contributed by atoms with van der Waals surface area (Å²) in [6.07, 6.45) is 1.27. The number of aromatic nitrogens is 2. The standard InChI is InChI=1S/C20H22ClN3OS/c1-12-7-13(2)9-24(8-12)10-17-22-19(25)18-16(11-26-20(18)23-17)14-3-5-15(21)6-4-14/h3-6,11-13H,7-10H2,1-2H3,(H,22,23,25). The van der Waals surface area contributed by atoms with Crippen LogP contribution in [0.3, 0.4) is 0 Å². The molecule has 0 aliphatic carbocycles. The van der Waals surface area contributed by atoms with E-state index >= 15 is 0 Å². The molecule has 1 aliphatic heterocycles. The summed E-state index contributed by atoms with van der Waals surface area (Å²) in [5, 5.41) is 3.36. The topological polar surface area (TPSA) is 49.0 Å². The van der Waals surface area contributed by atoms with E-state index in [-0.39, 0.29) is 5.56 Å². The maximum Gasteiger partial charge on any atom is 0.260 e. The average Bonchev–Trinajstić information content (AvgIpc) is 2.99. The number of likely N-dealkylation sites (tertiary alicyclic amines) is 1. The normalized spacial score (nSPS) is 21.3. The highest BCUT2D eigenvalue weighted by molar-refractivity contribution is 7.17. The average molecular weight is 388 g/mol. The second-order valence-electron chi connectivity index (χ2n) is 7.49. The zero-order chi connectivity index (χ0) is 18.3. The van der Waals surface area contributed by atoms with E-state index in [1.54, 1.807) is 0 Å². The molecule has 0 amide bonds. The molecule has 1 aromatic carbocycles. The van der Waals surface area contributed by atoms with Crippen molar-refractivity contribution in [1.29, 1.82) is 0 Å². The third-order valence-corrected chi connectivity index (χ3v) is 6.09. The summed E-state index contributed by atoms with van der Waals surface area (Å²) < 4.78 is 0. The molecule has 1 fully saturated rings. The van der Waals surface area contributed by atoms with E-state index in [0.717, 1.165) is 34.9 Å². The number of nitrogens with zero attached hydrogens (tertiary/aromatic N) is 2. The lowest BCUT2D eigenvalue weighted by molar-refractivity contribution is 0.131. The van der Waals surface area contributed by atoms with Gasteiger partial charge in [-0.3, -0.25) is 9.69 Å². The van der Waals surface area contributed by atoms with Crippen molar-refractivity contribution in [3.8, 4) is 11.1 Å². The fourth-order valence-electron chi connectivity index (χ4n) is 4.04. The van der Waals surface area contributed by atoms with Crippen LogP contribution in [-0.4, -0.2) is 28.0 Å². The molecule has 2 aromatic heterocycles. The van der Waals surface area contributed by atoms with Crippen LogP contribution >= 0.6 is 22.9 Å². The van der Waals surface area contributed by atoms with Gasteiger partial charge in [-0.2, -0.15) is 0 Å². The van der Waals surface area contributed by atoms with E-state index in [0.29, 0.717) is 28.8 Å². The van der Waals surface area contributed by atoms with Crippen molar-refractivity contribution in [2.75, 3.05) is 13.1 Å². The Kier molecular flexibility index (Phi) is 4.86. The van der Waals surface area contributed by atoms with Crippen LogP contribution in [0.4, 0.5) is 0 Å². The zero-order valence-electron chi connectivity index (χ0n) is 15.0. The molecule has 1 aliphatic rings. The van der Waals surface area contributed by atoms with Gasteiger partial charge < -0.3 is 4.98 Å². The van der Waals surface area contributed by atoms with Crippen molar-refractivity contribution < 1.29 is 0 Å². The van der Waals surface area contributed by atoms with Crippen LogP contribution < -0.4 is 5.56 Å². The van der Waals surface area contributed by atoms with Crippen molar-refractivity contribution in [1.82, 2.24) is 14.9 Å². The second kappa shape index (κ2) is 7.14. The first kappa shape index (κ1) is 17.7. The van der Waals surface area contributed by atoms with Crippen molar-refractivity contribution in [3.63, 3.8) is 0 Å². The molecule has 0 saturated carbocycles. The van der Waals surface area contributed by atoms with Crippen LogP contribution in [0.25, 0.3) is 21.3 Å². The molecule has 2 unspecified atom stereocenters. The Bertz CT molecular complexity index is 969. The van der Waals surface area contributed by atoms with Gasteiger partial charge in [-0.05, 0) is 36.0 Å². The molecule has 4 rings (SSSR count). The highest BCUT2D eigenvalue weighted by Gasteiger charge is 2.23. The van der Waals surface area contributed by atoms with Gasteiger partial charge in [-0.25, -0.2) is 4.98 Å². The Morgan fingerprint density at radius 3 is 2.62 bits per heavy atom. The molecule has 26 heavy (non-hydrogen) atoms. The highest BCUT2D eigenvalue weighted by atomic mass is 35.5. The summed E-state index contributed by atoms with van der Waals surface area (Å²) in [5.41, 5.74) is 1.84. The SMILES string of the molecule is CC1CC(C)CN(Cc2nc3scc(-c4ccc(Cl)cc4)c3c(=O)[nH]2)C1. The minimum atomic E-state index is -0.0608. The molecule has 0 spiro atoms. The first-order valence-electron chi connectivity index (χ1n) is 8.98. The molecule has 0 radical (unpaired) electrons. The van der Waals surface area contributed by atoms with Crippen molar-refractivity contribution >= 4 is 33.2 Å². The maximum absolute atomic E-state index is 12.8. The molecule has 1 N–H and O–H groups in total. The number of rotatable bonds is 3. The third-order valence-electron chi connectivity index (χ3n) is 4.97. The van der Waals surface area contributed by atoms with Crippen LogP contribution in [0.1, 0.15) is 26.1 Å². The zero-order valence-corrected chi connectivity index (χ0v) is 16.5. The van der Waals surface area contributed by atoms with E-state index < -0.39 is 0 Å². The molecule has 3 aromatic rings. The van der Waals surface area contributed by atoms with Crippen LogP contribution in [-0.2, 0) is 6.54 Å². The second-order valence-corrected chi connectivity index (χ2v) is 8.78. The largest absolute Gasteiger partial charge is 0.309 e. The number of H-pyrrole nitrogens is 1. The molecule has 3 heterocycles. The Balaban J connectivity index is 1.66. The summed E-state index contributed by atoms with van der Waals surface area (Å²) in [6.45, 7) is 7.41. The summed E-state index contributed by atoms with van der Waals surface area (Å²) in [6, 6.07) is 7.56. The lowest BCUT2D eigenvalue weighted by atomic mass is 9.92. The highest BCUT2D eigenvalue weighted by Crippen LogP contribution is 2.31. The molecular formula is C20H22ClN3OS. The monoisotopic (exact) mass is 387 g/mol. The number of thiophene rings is 1. The van der Waals surface area contributed by atoms with Gasteiger partial charge in [0.15, 0.2) is 0 Å². The number of aromatic amines is 1. The van der Waals surface area contributed by atoms with E-state index in [9.17, 15) is 4.79 Å². The van der Waals surface area contributed by atoms with Gasteiger partial charge in [-0.15, -0.1) is 11.3 Å². The van der Waals surface area contributed by atoms with Gasteiger partial charge in [-0.1, -0.05) is 37.6 Å². The summed E-state index contributed by atoms with van der Waals surface area (Å²) in [4.78, 5) is 23.7. The molecule has 4 nitrogen and oxygen atoms in total. The fourth-order valence-corrected chi connectivity index (χ4v) is 5.14. The number of hydrogen-bond acceptors (Lipinski definition) is 4. The first-order valence-corrected chi connectivity index (χ1v) is 10.2. The number of benzene rings is 1. The van der Waals surface area contributed by atoms with E-state index in [4.69, 9.17) is 16.6 Å². The van der Waals surface area contributed by atoms with Crippen molar-refractivity contribution in [3.05, 3.63) is 50.8 Å². The quantitative estimate of drug-likeness (QED) is 0.703. The number of nitrogens with one attached hydrogen (secondary N) is 1. The van der Waals surface area contributed by atoms with Gasteiger partial charge in [0.05, 0.1) is 11.9 Å². The summed E-state index contributed by atoms with van der Waals surface area (Å²) in [7, 11) is 0. The molecule has 1 saturated heterocycles. The maximum atomic E-state index is 12.8. The Labute approximate surface area is 161 Å². The molecule has 0 bridgehead atoms. The van der Waals surface area contributed by atoms with Gasteiger partial charge in [0.1, 0.15) is 10.7 Å². The molecule has 2 atom stereocenters. The van der Waals surface area contributed by atoms with E-state index in [1.165, 1.54) is 17.8 Å². The van der Waals surface area contributed by atoms with E-state index in [2.05, 4.69) is 23.7 Å². The van der Waals surface area contributed by atoms with Crippen molar-refractivity contribution in [2.24, 2.45) is 11.8 Å². The molecule has 136 valence electrons. The Morgan fingerprint density at radius 1 is 1.23 bits per heavy atom. The predicted octanol–water partition coefficient (Wildman–Crippen LogP) is 4.78. The molecule has 6 heteroatoms. The van der Waals surface area contributed by atoms with Crippen LogP contribution in [0.5, 0.6) is 0 Å². The predicted molar refractivity (Wildman–Crippen MR) is 109 cm³/mol. The van der Waals surface area contributed by atoms with Gasteiger partial charge in [0.25, 0.3) is 5.56 Å². The van der Waals surface area contributed by atoms with Gasteiger partial charge in [0.2, 0.25) is 0 Å². The first-order chi connectivity index (χ1) is 12.5. The Hall–Kier alpha value is -1.69. The summed E-state index contributed by atoms with van der Waals surface area (Å²) >= 11 is 7.50. The smallest absolute Gasteiger partial charge is 0.260 e. The van der Waals surface area contributed by atoms with Crippen LogP contribution in [0, 0.1) is 11.8 Å². The number of fused-ring (bicyclic) bond motifs is 1. The number of halogens is 1. The van der Waals surface area contributed by atoms with Crippen molar-refractivity contribution in [2.45, 2.75) is 26.8 Å². The minimum Gasteiger partial charge on any atom is -0.309 e. The number of piperidine rings is 1. The molecular weight excluding hydrogens is 366 g/mol. The fraction of sp³-hybridized carbons (Fsp3) is 0.400. The van der Waals surface area contributed by atoms with Crippen LogP contribution in [0.15, 0.2) is 34.4 Å². The lowest BCUT2D eigenvalue weighted by Crippen LogP contribution is -2.38. The van der Waals surface area contributed by atoms with E-state index in [1.807, 2.05) is 29.6 Å². The third kappa shape index (κ3) is 3.56. The summed E-state index contributed by atoms with van der Waals surface area (Å²) in [5.74, 6) is 2.13. The van der Waals surface area contributed by atoms with Gasteiger partial charge in [0, 0.05) is 29.1 Å². The Morgan fingerprint density at radius 2 is 1.92 bits per heavy atom. The van der Waals surface area contributed by atoms with Crippen LogP contribution in [0.2, 0.25) is 5.02 Å².